The van der Waals surface area contributed by atoms with E-state index in [1.165, 1.54) is 16.7 Å². The average Bonchev–Trinajstić information content (AvgIpc) is 2.24. The lowest BCUT2D eigenvalue weighted by Gasteiger charge is -2.10. The Hall–Kier alpha value is -1.66. The van der Waals surface area contributed by atoms with Crippen LogP contribution in [0, 0.1) is 13.8 Å². The molecule has 0 aromatic heterocycles. The van der Waals surface area contributed by atoms with Crippen LogP contribution < -0.4 is 0 Å². The van der Waals surface area contributed by atoms with E-state index in [-0.39, 0.29) is 0 Å². The summed E-state index contributed by atoms with van der Waals surface area (Å²) < 4.78 is 0. The molecule has 1 rings (SSSR count). The Morgan fingerprint density at radius 1 is 1.33 bits per heavy atom. The molecule has 0 spiro atoms. The molecule has 0 aliphatic rings. The Kier molecular flexibility index (Phi) is 4.02. The molecule has 1 aromatic carbocycles. The van der Waals surface area contributed by atoms with Gasteiger partial charge in [-0.1, -0.05) is 18.2 Å². The predicted molar refractivity (Wildman–Crippen MR) is 61.6 cm³/mol. The molecule has 0 fully saturated rings. The first-order valence-electron chi connectivity index (χ1n) is 4.93. The van der Waals surface area contributed by atoms with Crippen molar-refractivity contribution in [2.45, 2.75) is 26.8 Å². The molecule has 0 saturated heterocycles. The Morgan fingerprint density at radius 3 is 2.53 bits per heavy atom. The lowest BCUT2D eigenvalue weighted by Crippen LogP contribution is -1.96. The van der Waals surface area contributed by atoms with Gasteiger partial charge in [0.25, 0.3) is 0 Å². The largest absolute Gasteiger partial charge is 0.235 e. The Morgan fingerprint density at radius 2 is 1.93 bits per heavy atom. The molecule has 0 atom stereocenters. The summed E-state index contributed by atoms with van der Waals surface area (Å²) in [6, 6.07) is 4.08. The van der Waals surface area contributed by atoms with Gasteiger partial charge in [-0.3, -0.25) is 0 Å². The smallest absolute Gasteiger partial charge is 0.211 e. The van der Waals surface area contributed by atoms with Gasteiger partial charge in [0, 0.05) is 0 Å². The standard InChI is InChI=1S/C13H15NO/c1-4-5-12-6-7-13(8-14-9-15)11(3)10(12)2/h4,6-7H,1,5,8H2,2-3H3. The van der Waals surface area contributed by atoms with Crippen LogP contribution in [0.15, 0.2) is 29.8 Å². The fourth-order valence-electron chi connectivity index (χ4n) is 1.60. The van der Waals surface area contributed by atoms with E-state index in [2.05, 4.69) is 31.5 Å². The molecule has 0 N–H and O–H groups in total. The summed E-state index contributed by atoms with van der Waals surface area (Å²) in [7, 11) is 0. The molecule has 78 valence electrons. The fourth-order valence-corrected chi connectivity index (χ4v) is 1.60. The van der Waals surface area contributed by atoms with Crippen molar-refractivity contribution in [2.75, 3.05) is 0 Å². The molecule has 0 amide bonds. The second-order valence-electron chi connectivity index (χ2n) is 3.53. The molecular weight excluding hydrogens is 186 g/mol. The number of benzene rings is 1. The first kappa shape index (κ1) is 11.4. The van der Waals surface area contributed by atoms with E-state index in [0.29, 0.717) is 6.54 Å². The van der Waals surface area contributed by atoms with Crippen LogP contribution >= 0.6 is 0 Å². The number of hydrogen-bond acceptors (Lipinski definition) is 2. The van der Waals surface area contributed by atoms with Crippen LogP contribution in [0.25, 0.3) is 0 Å². The van der Waals surface area contributed by atoms with Crippen molar-refractivity contribution >= 4 is 6.08 Å². The minimum Gasteiger partial charge on any atom is -0.211 e. The highest BCUT2D eigenvalue weighted by molar-refractivity contribution is 5.41. The lowest BCUT2D eigenvalue weighted by molar-refractivity contribution is 0.562. The van der Waals surface area contributed by atoms with Crippen LogP contribution in [0.4, 0.5) is 0 Å². The van der Waals surface area contributed by atoms with Crippen LogP contribution in [0.5, 0.6) is 0 Å². The third-order valence-corrected chi connectivity index (χ3v) is 2.69. The Bertz CT molecular complexity index is 415. The van der Waals surface area contributed by atoms with Gasteiger partial charge in [-0.15, -0.1) is 6.58 Å². The summed E-state index contributed by atoms with van der Waals surface area (Å²) in [4.78, 5) is 13.6. The zero-order valence-electron chi connectivity index (χ0n) is 9.21. The van der Waals surface area contributed by atoms with Crippen LogP contribution in [0.2, 0.25) is 0 Å². The molecule has 1 aromatic rings. The van der Waals surface area contributed by atoms with E-state index in [0.717, 1.165) is 12.0 Å². The molecule has 15 heavy (non-hydrogen) atoms. The lowest BCUT2D eigenvalue weighted by atomic mass is 9.96. The summed E-state index contributed by atoms with van der Waals surface area (Å²) in [5.74, 6) is 0. The van der Waals surface area contributed by atoms with Gasteiger partial charge in [0.2, 0.25) is 6.08 Å². The summed E-state index contributed by atoms with van der Waals surface area (Å²) in [5.41, 5.74) is 4.83. The fraction of sp³-hybridized carbons (Fsp3) is 0.308. The molecule has 0 heterocycles. The van der Waals surface area contributed by atoms with E-state index in [9.17, 15) is 4.79 Å². The van der Waals surface area contributed by atoms with Crippen molar-refractivity contribution in [2.24, 2.45) is 4.99 Å². The summed E-state index contributed by atoms with van der Waals surface area (Å²) in [5, 5.41) is 0. The first-order valence-corrected chi connectivity index (χ1v) is 4.93. The maximum absolute atomic E-state index is 10.0. The third-order valence-electron chi connectivity index (χ3n) is 2.69. The average molecular weight is 201 g/mol. The van der Waals surface area contributed by atoms with Crippen LogP contribution in [-0.4, -0.2) is 6.08 Å². The number of carbonyl (C=O) groups excluding carboxylic acids is 1. The van der Waals surface area contributed by atoms with Crippen molar-refractivity contribution in [3.8, 4) is 0 Å². The molecule has 0 radical (unpaired) electrons. The summed E-state index contributed by atoms with van der Waals surface area (Å²) in [6.07, 6.45) is 4.33. The first-order chi connectivity index (χ1) is 7.20. The van der Waals surface area contributed by atoms with Crippen molar-refractivity contribution < 1.29 is 4.79 Å². The number of nitrogens with zero attached hydrogens (tertiary/aromatic N) is 1. The Balaban J connectivity index is 3.08. The number of rotatable bonds is 4. The van der Waals surface area contributed by atoms with E-state index >= 15 is 0 Å². The van der Waals surface area contributed by atoms with Crippen molar-refractivity contribution in [3.05, 3.63) is 47.0 Å². The monoisotopic (exact) mass is 201 g/mol. The number of allylic oxidation sites excluding steroid dienone is 1. The molecule has 0 bridgehead atoms. The Labute approximate surface area is 90.4 Å². The van der Waals surface area contributed by atoms with Gasteiger partial charge in [0.05, 0.1) is 6.54 Å². The third kappa shape index (κ3) is 2.64. The molecule has 2 nitrogen and oxygen atoms in total. The highest BCUT2D eigenvalue weighted by atomic mass is 16.1. The normalized spacial score (nSPS) is 9.47. The van der Waals surface area contributed by atoms with Gasteiger partial charge in [-0.05, 0) is 42.5 Å². The summed E-state index contributed by atoms with van der Waals surface area (Å²) in [6.45, 7) is 8.29. The van der Waals surface area contributed by atoms with Crippen molar-refractivity contribution in [1.82, 2.24) is 0 Å². The van der Waals surface area contributed by atoms with E-state index in [4.69, 9.17) is 0 Å². The molecule has 0 unspecified atom stereocenters. The van der Waals surface area contributed by atoms with Crippen molar-refractivity contribution in [1.29, 1.82) is 0 Å². The van der Waals surface area contributed by atoms with Crippen molar-refractivity contribution in [3.63, 3.8) is 0 Å². The highest BCUT2D eigenvalue weighted by Gasteiger charge is 2.04. The number of hydrogen-bond donors (Lipinski definition) is 0. The van der Waals surface area contributed by atoms with Crippen LogP contribution in [-0.2, 0) is 17.8 Å². The van der Waals surface area contributed by atoms with Gasteiger partial charge in [-0.2, -0.15) is 0 Å². The van der Waals surface area contributed by atoms with E-state index < -0.39 is 0 Å². The summed E-state index contributed by atoms with van der Waals surface area (Å²) >= 11 is 0. The van der Waals surface area contributed by atoms with Crippen LogP contribution in [0.1, 0.15) is 22.3 Å². The van der Waals surface area contributed by atoms with Crippen LogP contribution in [0.3, 0.4) is 0 Å². The van der Waals surface area contributed by atoms with Gasteiger partial charge in [0.1, 0.15) is 0 Å². The molecule has 2 heteroatoms. The zero-order valence-corrected chi connectivity index (χ0v) is 9.21. The zero-order chi connectivity index (χ0) is 11.3. The van der Waals surface area contributed by atoms with Gasteiger partial charge < -0.3 is 0 Å². The van der Waals surface area contributed by atoms with Gasteiger partial charge in [-0.25, -0.2) is 9.79 Å². The minimum atomic E-state index is 0.421. The number of isocyanates is 1. The molecule has 0 aliphatic carbocycles. The molecule has 0 saturated carbocycles. The highest BCUT2D eigenvalue weighted by Crippen LogP contribution is 2.19. The predicted octanol–water partition coefficient (Wildman–Crippen LogP) is 2.87. The van der Waals surface area contributed by atoms with E-state index in [1.54, 1.807) is 6.08 Å². The maximum Gasteiger partial charge on any atom is 0.235 e. The molecular formula is C13H15NO. The van der Waals surface area contributed by atoms with Gasteiger partial charge in [0.15, 0.2) is 0 Å². The van der Waals surface area contributed by atoms with Gasteiger partial charge >= 0.3 is 0 Å². The SMILES string of the molecule is C=CCc1ccc(CN=C=O)c(C)c1C. The topological polar surface area (TPSA) is 29.4 Å². The maximum atomic E-state index is 10.0. The second kappa shape index (κ2) is 5.28. The second-order valence-corrected chi connectivity index (χ2v) is 3.53. The number of aliphatic imine (C=N–C) groups is 1. The minimum absolute atomic E-state index is 0.421. The molecule has 0 aliphatic heterocycles. The van der Waals surface area contributed by atoms with E-state index in [1.807, 2.05) is 12.1 Å². The quantitative estimate of drug-likeness (QED) is 0.418.